The van der Waals surface area contributed by atoms with Crippen molar-refractivity contribution in [1.82, 2.24) is 0 Å². The molecule has 0 amide bonds. The molecule has 4 rings (SSSR count). The van der Waals surface area contributed by atoms with Crippen LogP contribution in [0.1, 0.15) is 48.1 Å². The molecule has 0 radical (unpaired) electrons. The van der Waals surface area contributed by atoms with Crippen molar-refractivity contribution in [3.63, 3.8) is 0 Å². The lowest BCUT2D eigenvalue weighted by molar-refractivity contribution is 0.306. The standard InChI is InChI=1S/C27H28O3/c1-3-22(11-9-20-10-13-25(28)19(2)15-20)27-17-23-16-24(12-14-26(23)30-27)29-18-21-7-5-4-6-8-21/h4-8,10,12-17,22,28H,3,9,11,18H2,1-2H3. The Balaban J connectivity index is 1.45. The first-order chi connectivity index (χ1) is 14.6. The fourth-order valence-electron chi connectivity index (χ4n) is 3.84. The normalized spacial score (nSPS) is 12.2. The van der Waals surface area contributed by atoms with Gasteiger partial charge in [0.1, 0.15) is 29.4 Å². The lowest BCUT2D eigenvalue weighted by atomic mass is 9.94. The smallest absolute Gasteiger partial charge is 0.134 e. The fraction of sp³-hybridized carbons (Fsp3) is 0.259. The van der Waals surface area contributed by atoms with Gasteiger partial charge in [0.25, 0.3) is 0 Å². The van der Waals surface area contributed by atoms with E-state index in [-0.39, 0.29) is 0 Å². The van der Waals surface area contributed by atoms with E-state index in [1.165, 1.54) is 5.56 Å². The molecule has 30 heavy (non-hydrogen) atoms. The van der Waals surface area contributed by atoms with Gasteiger partial charge in [0.05, 0.1) is 0 Å². The molecule has 1 N–H and O–H groups in total. The van der Waals surface area contributed by atoms with Gasteiger partial charge in [-0.25, -0.2) is 0 Å². The van der Waals surface area contributed by atoms with E-state index >= 15 is 0 Å². The maximum atomic E-state index is 9.73. The Labute approximate surface area is 177 Å². The molecule has 0 aliphatic heterocycles. The summed E-state index contributed by atoms with van der Waals surface area (Å²) in [5.74, 6) is 2.60. The fourth-order valence-corrected chi connectivity index (χ4v) is 3.84. The molecular weight excluding hydrogens is 372 g/mol. The van der Waals surface area contributed by atoms with Crippen molar-refractivity contribution >= 4 is 11.0 Å². The molecule has 1 heterocycles. The Morgan fingerprint density at radius 1 is 0.933 bits per heavy atom. The molecule has 0 saturated heterocycles. The Hall–Kier alpha value is -3.20. The van der Waals surface area contributed by atoms with Crippen LogP contribution in [0.3, 0.4) is 0 Å². The molecule has 1 aromatic heterocycles. The summed E-state index contributed by atoms with van der Waals surface area (Å²) in [6.45, 7) is 4.70. The first-order valence-corrected chi connectivity index (χ1v) is 10.6. The van der Waals surface area contributed by atoms with Crippen LogP contribution >= 0.6 is 0 Å². The zero-order valence-electron chi connectivity index (χ0n) is 17.6. The van der Waals surface area contributed by atoms with Crippen molar-refractivity contribution < 1.29 is 14.3 Å². The zero-order valence-corrected chi connectivity index (χ0v) is 17.6. The highest BCUT2D eigenvalue weighted by Crippen LogP contribution is 2.32. The molecule has 3 heteroatoms. The first-order valence-electron chi connectivity index (χ1n) is 10.6. The summed E-state index contributed by atoms with van der Waals surface area (Å²) in [5.41, 5.74) is 4.22. The van der Waals surface area contributed by atoms with E-state index < -0.39 is 0 Å². The number of fused-ring (bicyclic) bond motifs is 1. The van der Waals surface area contributed by atoms with Gasteiger partial charge in [0, 0.05) is 11.3 Å². The van der Waals surface area contributed by atoms with Gasteiger partial charge < -0.3 is 14.3 Å². The van der Waals surface area contributed by atoms with Crippen molar-refractivity contribution in [1.29, 1.82) is 0 Å². The molecule has 3 nitrogen and oxygen atoms in total. The van der Waals surface area contributed by atoms with Crippen LogP contribution in [0.5, 0.6) is 11.5 Å². The number of aryl methyl sites for hydroxylation is 2. The highest BCUT2D eigenvalue weighted by atomic mass is 16.5. The van der Waals surface area contributed by atoms with Crippen molar-refractivity contribution in [2.24, 2.45) is 0 Å². The van der Waals surface area contributed by atoms with Crippen LogP contribution in [0.25, 0.3) is 11.0 Å². The number of phenolic OH excluding ortho intramolecular Hbond substituents is 1. The van der Waals surface area contributed by atoms with E-state index in [1.807, 2.05) is 43.3 Å². The third-order valence-corrected chi connectivity index (χ3v) is 5.69. The first kappa shape index (κ1) is 20.1. The number of phenols is 1. The summed E-state index contributed by atoms with van der Waals surface area (Å²) in [6, 6.07) is 24.2. The Bertz CT molecular complexity index is 1110. The zero-order chi connectivity index (χ0) is 20.9. The molecule has 4 aromatic rings. The largest absolute Gasteiger partial charge is 0.508 e. The molecule has 0 bridgehead atoms. The van der Waals surface area contributed by atoms with Gasteiger partial charge in [-0.3, -0.25) is 0 Å². The lowest BCUT2D eigenvalue weighted by Gasteiger charge is -2.12. The number of benzene rings is 3. The van der Waals surface area contributed by atoms with Crippen molar-refractivity contribution in [3.8, 4) is 11.5 Å². The van der Waals surface area contributed by atoms with Gasteiger partial charge in [-0.2, -0.15) is 0 Å². The molecule has 0 aliphatic carbocycles. The van der Waals surface area contributed by atoms with E-state index in [1.54, 1.807) is 6.07 Å². The molecule has 154 valence electrons. The molecule has 0 fully saturated rings. The molecule has 1 unspecified atom stereocenters. The van der Waals surface area contributed by atoms with Crippen LogP contribution < -0.4 is 4.74 Å². The summed E-state index contributed by atoms with van der Waals surface area (Å²) in [5, 5.41) is 10.8. The lowest BCUT2D eigenvalue weighted by Crippen LogP contribution is -1.98. The number of hydrogen-bond donors (Lipinski definition) is 1. The summed E-state index contributed by atoms with van der Waals surface area (Å²) in [6.07, 6.45) is 2.99. The SMILES string of the molecule is CCC(CCc1ccc(O)c(C)c1)c1cc2cc(OCc3ccccc3)ccc2o1. The Morgan fingerprint density at radius 2 is 1.77 bits per heavy atom. The summed E-state index contributed by atoms with van der Waals surface area (Å²) >= 11 is 0. The predicted octanol–water partition coefficient (Wildman–Crippen LogP) is 7.15. The second-order valence-corrected chi connectivity index (χ2v) is 7.89. The highest BCUT2D eigenvalue weighted by molar-refractivity contribution is 5.79. The highest BCUT2D eigenvalue weighted by Gasteiger charge is 2.15. The van der Waals surface area contributed by atoms with Crippen LogP contribution in [0.15, 0.2) is 77.2 Å². The van der Waals surface area contributed by atoms with Crippen LogP contribution in [-0.2, 0) is 13.0 Å². The molecule has 0 aliphatic rings. The van der Waals surface area contributed by atoms with Gasteiger partial charge in [-0.15, -0.1) is 0 Å². The summed E-state index contributed by atoms with van der Waals surface area (Å²) in [4.78, 5) is 0. The van der Waals surface area contributed by atoms with Gasteiger partial charge in [0.2, 0.25) is 0 Å². The minimum absolute atomic E-state index is 0.355. The van der Waals surface area contributed by atoms with Crippen LogP contribution in [0.4, 0.5) is 0 Å². The monoisotopic (exact) mass is 400 g/mol. The average Bonchev–Trinajstić information content (AvgIpc) is 3.19. The van der Waals surface area contributed by atoms with Crippen molar-refractivity contribution in [3.05, 3.63) is 95.2 Å². The summed E-state index contributed by atoms with van der Waals surface area (Å²) in [7, 11) is 0. The Morgan fingerprint density at radius 3 is 2.53 bits per heavy atom. The van der Waals surface area contributed by atoms with E-state index in [9.17, 15) is 5.11 Å². The van der Waals surface area contributed by atoms with Crippen molar-refractivity contribution in [2.75, 3.05) is 0 Å². The molecule has 0 spiro atoms. The minimum atomic E-state index is 0.355. The molecule has 0 saturated carbocycles. The number of ether oxygens (including phenoxy) is 1. The number of hydrogen-bond acceptors (Lipinski definition) is 3. The van der Waals surface area contributed by atoms with Gasteiger partial charge >= 0.3 is 0 Å². The molecule has 1 atom stereocenters. The average molecular weight is 401 g/mol. The topological polar surface area (TPSA) is 42.6 Å². The van der Waals surface area contributed by atoms with E-state index in [0.29, 0.717) is 18.3 Å². The van der Waals surface area contributed by atoms with E-state index in [0.717, 1.165) is 52.9 Å². The van der Waals surface area contributed by atoms with Crippen LogP contribution in [0.2, 0.25) is 0 Å². The molecular formula is C27H28O3. The van der Waals surface area contributed by atoms with E-state index in [2.05, 4.69) is 37.3 Å². The minimum Gasteiger partial charge on any atom is -0.508 e. The van der Waals surface area contributed by atoms with Crippen LogP contribution in [-0.4, -0.2) is 5.11 Å². The van der Waals surface area contributed by atoms with Gasteiger partial charge in [0.15, 0.2) is 0 Å². The maximum Gasteiger partial charge on any atom is 0.134 e. The van der Waals surface area contributed by atoms with Crippen LogP contribution in [0, 0.1) is 6.92 Å². The maximum absolute atomic E-state index is 9.73. The number of aromatic hydroxyl groups is 1. The number of furan rings is 1. The number of rotatable bonds is 8. The van der Waals surface area contributed by atoms with Gasteiger partial charge in [-0.05, 0) is 73.2 Å². The second kappa shape index (κ2) is 9.08. The Kier molecular flexibility index (Phi) is 6.08. The second-order valence-electron chi connectivity index (χ2n) is 7.89. The van der Waals surface area contributed by atoms with Gasteiger partial charge in [-0.1, -0.05) is 49.4 Å². The quantitative estimate of drug-likeness (QED) is 0.341. The third-order valence-electron chi connectivity index (χ3n) is 5.69. The molecule has 3 aromatic carbocycles. The summed E-state index contributed by atoms with van der Waals surface area (Å²) < 4.78 is 12.1. The third kappa shape index (κ3) is 4.68. The van der Waals surface area contributed by atoms with E-state index in [4.69, 9.17) is 9.15 Å². The predicted molar refractivity (Wildman–Crippen MR) is 121 cm³/mol. The van der Waals surface area contributed by atoms with Crippen molar-refractivity contribution in [2.45, 2.75) is 45.6 Å².